The van der Waals surface area contributed by atoms with Gasteiger partial charge in [0.05, 0.1) is 22.2 Å². The Morgan fingerprint density at radius 1 is 1.10 bits per heavy atom. The lowest BCUT2D eigenvalue weighted by Gasteiger charge is -2.41. The highest BCUT2D eigenvalue weighted by atomic mass is 35.5. The lowest BCUT2D eigenvalue weighted by atomic mass is 9.87. The summed E-state index contributed by atoms with van der Waals surface area (Å²) in [4.78, 5) is 2.50. The van der Waals surface area contributed by atoms with Gasteiger partial charge in [-0.3, -0.25) is 4.90 Å². The summed E-state index contributed by atoms with van der Waals surface area (Å²) in [5.41, 5.74) is 1.21. The number of rotatable bonds is 2. The first kappa shape index (κ1) is 17.2. The van der Waals surface area contributed by atoms with Gasteiger partial charge in [0.15, 0.2) is 0 Å². The van der Waals surface area contributed by atoms with Crippen molar-refractivity contribution in [1.82, 2.24) is 4.90 Å². The van der Waals surface area contributed by atoms with Crippen molar-refractivity contribution >= 4 is 34.8 Å². The third-order valence-electron chi connectivity index (χ3n) is 4.23. The summed E-state index contributed by atoms with van der Waals surface area (Å²) in [5, 5.41) is 1.40. The number of methoxy groups -OCH3 is 1. The third kappa shape index (κ3) is 3.61. The topological polar surface area (TPSA) is 12.5 Å². The minimum absolute atomic E-state index is 0.205. The number of piperidine rings is 1. The molecule has 21 heavy (non-hydrogen) atoms. The van der Waals surface area contributed by atoms with Crippen molar-refractivity contribution in [3.63, 3.8) is 0 Å². The number of benzene rings is 1. The number of halogens is 3. The SMILES string of the molecule is COc1cc(Cl)c(Cl)c(Cl)c1C1CCN(C(C)(C)C)CC1. The first-order valence-corrected chi connectivity index (χ1v) is 8.35. The second-order valence-electron chi connectivity index (χ2n) is 6.53. The van der Waals surface area contributed by atoms with Crippen LogP contribution in [0.15, 0.2) is 6.07 Å². The molecule has 0 aromatic heterocycles. The summed E-state index contributed by atoms with van der Waals surface area (Å²) in [6.45, 7) is 8.85. The van der Waals surface area contributed by atoms with E-state index in [1.807, 2.05) is 0 Å². The molecule has 1 heterocycles. The second-order valence-corrected chi connectivity index (χ2v) is 7.70. The molecule has 2 rings (SSSR count). The van der Waals surface area contributed by atoms with E-state index in [-0.39, 0.29) is 5.54 Å². The molecule has 0 radical (unpaired) electrons. The lowest BCUT2D eigenvalue weighted by Crippen LogP contribution is -2.45. The van der Waals surface area contributed by atoms with Crippen LogP contribution < -0.4 is 4.74 Å². The number of hydrogen-bond acceptors (Lipinski definition) is 2. The van der Waals surface area contributed by atoms with Crippen molar-refractivity contribution in [2.75, 3.05) is 20.2 Å². The molecule has 0 saturated carbocycles. The maximum atomic E-state index is 6.43. The van der Waals surface area contributed by atoms with E-state index >= 15 is 0 Å². The van der Waals surface area contributed by atoms with Crippen LogP contribution in [0.25, 0.3) is 0 Å². The van der Waals surface area contributed by atoms with E-state index < -0.39 is 0 Å². The molecule has 0 unspecified atom stereocenters. The van der Waals surface area contributed by atoms with Crippen molar-refractivity contribution in [2.45, 2.75) is 45.1 Å². The van der Waals surface area contributed by atoms with Crippen LogP contribution in [-0.2, 0) is 0 Å². The van der Waals surface area contributed by atoms with E-state index in [9.17, 15) is 0 Å². The summed E-state index contributed by atoms with van der Waals surface area (Å²) >= 11 is 18.7. The van der Waals surface area contributed by atoms with E-state index in [2.05, 4.69) is 25.7 Å². The molecule has 0 spiro atoms. The zero-order valence-electron chi connectivity index (χ0n) is 13.0. The maximum Gasteiger partial charge on any atom is 0.125 e. The Balaban J connectivity index is 2.26. The summed E-state index contributed by atoms with van der Waals surface area (Å²) in [6, 6.07) is 1.77. The van der Waals surface area contributed by atoms with Crippen LogP contribution in [0.2, 0.25) is 15.1 Å². The molecule has 118 valence electrons. The molecule has 1 aromatic rings. The molecule has 0 atom stereocenters. The summed E-state index contributed by atoms with van der Waals surface area (Å²) in [7, 11) is 1.64. The fourth-order valence-corrected chi connectivity index (χ4v) is 3.72. The summed E-state index contributed by atoms with van der Waals surface area (Å²) in [6.07, 6.45) is 2.09. The van der Waals surface area contributed by atoms with Gasteiger partial charge in [-0.05, 0) is 52.6 Å². The first-order chi connectivity index (χ1) is 9.75. The van der Waals surface area contributed by atoms with Crippen LogP contribution >= 0.6 is 34.8 Å². The highest BCUT2D eigenvalue weighted by Gasteiger charge is 2.31. The highest BCUT2D eigenvalue weighted by molar-refractivity contribution is 6.48. The zero-order valence-corrected chi connectivity index (χ0v) is 15.2. The predicted octanol–water partition coefficient (Wildman–Crippen LogP) is 5.63. The van der Waals surface area contributed by atoms with Gasteiger partial charge in [-0.15, -0.1) is 0 Å². The molecule has 0 N–H and O–H groups in total. The molecule has 2 nitrogen and oxygen atoms in total. The van der Waals surface area contributed by atoms with Gasteiger partial charge in [0.25, 0.3) is 0 Å². The minimum atomic E-state index is 0.205. The third-order valence-corrected chi connectivity index (χ3v) is 5.51. The largest absolute Gasteiger partial charge is 0.496 e. The lowest BCUT2D eigenvalue weighted by molar-refractivity contribution is 0.102. The van der Waals surface area contributed by atoms with Gasteiger partial charge in [0.2, 0.25) is 0 Å². The van der Waals surface area contributed by atoms with Gasteiger partial charge in [-0.2, -0.15) is 0 Å². The van der Waals surface area contributed by atoms with E-state index in [1.165, 1.54) is 0 Å². The van der Waals surface area contributed by atoms with Gasteiger partial charge in [0.1, 0.15) is 5.75 Å². The molecule has 1 saturated heterocycles. The Labute approximate surface area is 142 Å². The van der Waals surface area contributed by atoms with Crippen molar-refractivity contribution in [2.24, 2.45) is 0 Å². The summed E-state index contributed by atoms with van der Waals surface area (Å²) in [5.74, 6) is 1.10. The Morgan fingerprint density at radius 3 is 2.14 bits per heavy atom. The van der Waals surface area contributed by atoms with Crippen LogP contribution in [-0.4, -0.2) is 30.6 Å². The molecule has 1 aliphatic rings. The molecule has 0 bridgehead atoms. The van der Waals surface area contributed by atoms with Crippen LogP contribution in [0.1, 0.15) is 45.1 Å². The van der Waals surface area contributed by atoms with Crippen molar-refractivity contribution in [3.8, 4) is 5.75 Å². The van der Waals surface area contributed by atoms with Crippen molar-refractivity contribution in [1.29, 1.82) is 0 Å². The van der Waals surface area contributed by atoms with E-state index in [0.717, 1.165) is 37.2 Å². The maximum absolute atomic E-state index is 6.43. The Bertz CT molecular complexity index is 517. The van der Waals surface area contributed by atoms with Gasteiger partial charge in [-0.1, -0.05) is 34.8 Å². The summed E-state index contributed by atoms with van der Waals surface area (Å²) < 4.78 is 5.47. The Morgan fingerprint density at radius 2 is 1.67 bits per heavy atom. The molecule has 0 aliphatic carbocycles. The quantitative estimate of drug-likeness (QED) is 0.641. The smallest absolute Gasteiger partial charge is 0.125 e. The fraction of sp³-hybridized carbons (Fsp3) is 0.625. The average Bonchev–Trinajstić information content (AvgIpc) is 2.43. The van der Waals surface area contributed by atoms with E-state index in [1.54, 1.807) is 13.2 Å². The molecule has 0 amide bonds. The van der Waals surface area contributed by atoms with Crippen molar-refractivity contribution < 1.29 is 4.74 Å². The zero-order chi connectivity index (χ0) is 15.8. The molecule has 5 heteroatoms. The Kier molecular flexibility index (Phi) is 5.36. The number of ether oxygens (including phenoxy) is 1. The normalized spacial score (nSPS) is 18.0. The van der Waals surface area contributed by atoms with Gasteiger partial charge >= 0.3 is 0 Å². The molecule has 1 aromatic carbocycles. The number of hydrogen-bond donors (Lipinski definition) is 0. The minimum Gasteiger partial charge on any atom is -0.496 e. The van der Waals surface area contributed by atoms with Crippen LogP contribution in [0, 0.1) is 0 Å². The van der Waals surface area contributed by atoms with Crippen LogP contribution in [0.4, 0.5) is 0 Å². The highest BCUT2D eigenvalue weighted by Crippen LogP contribution is 2.45. The molecule has 1 fully saturated rings. The van der Waals surface area contributed by atoms with Crippen molar-refractivity contribution in [3.05, 3.63) is 26.7 Å². The van der Waals surface area contributed by atoms with Gasteiger partial charge < -0.3 is 4.74 Å². The first-order valence-electron chi connectivity index (χ1n) is 7.22. The van der Waals surface area contributed by atoms with Gasteiger partial charge in [0, 0.05) is 17.2 Å². The number of likely N-dealkylation sites (tertiary alicyclic amines) is 1. The fourth-order valence-electron chi connectivity index (χ4n) is 2.98. The molecular weight excluding hydrogens is 329 g/mol. The standard InChI is InChI=1S/C16H22Cl3NO/c1-16(2,3)20-7-5-10(6-8-20)13-12(21-4)9-11(17)14(18)15(13)19/h9-10H,5-8H2,1-4H3. The number of nitrogens with zero attached hydrogens (tertiary/aromatic N) is 1. The molecular formula is C16H22Cl3NO. The Hall–Kier alpha value is -0.150. The average molecular weight is 351 g/mol. The molecule has 1 aliphatic heterocycles. The van der Waals surface area contributed by atoms with Crippen LogP contribution in [0.3, 0.4) is 0 Å². The second kappa shape index (κ2) is 6.54. The predicted molar refractivity (Wildman–Crippen MR) is 91.3 cm³/mol. The monoisotopic (exact) mass is 349 g/mol. The van der Waals surface area contributed by atoms with Gasteiger partial charge in [-0.25, -0.2) is 0 Å². The van der Waals surface area contributed by atoms with E-state index in [0.29, 0.717) is 21.0 Å². The van der Waals surface area contributed by atoms with Crippen LogP contribution in [0.5, 0.6) is 5.75 Å². The van der Waals surface area contributed by atoms with E-state index in [4.69, 9.17) is 39.5 Å².